The summed E-state index contributed by atoms with van der Waals surface area (Å²) in [5, 5.41) is 15.4. The van der Waals surface area contributed by atoms with Crippen molar-refractivity contribution >= 4 is 11.6 Å². The van der Waals surface area contributed by atoms with Crippen molar-refractivity contribution in [2.75, 3.05) is 13.2 Å². The van der Waals surface area contributed by atoms with E-state index in [1.807, 2.05) is 88.4 Å². The molecule has 1 aliphatic heterocycles. The lowest BCUT2D eigenvalue weighted by Crippen LogP contribution is -2.29. The summed E-state index contributed by atoms with van der Waals surface area (Å²) >= 11 is 0. The molecule has 1 aliphatic rings. The summed E-state index contributed by atoms with van der Waals surface area (Å²) in [6.07, 6.45) is 2.36. The summed E-state index contributed by atoms with van der Waals surface area (Å²) in [6, 6.07) is 19.8. The third kappa shape index (κ3) is 6.17. The Bertz CT molecular complexity index is 1960. The highest BCUT2D eigenvalue weighted by atomic mass is 19.1. The Morgan fingerprint density at radius 3 is 2.40 bits per heavy atom. The summed E-state index contributed by atoms with van der Waals surface area (Å²) in [4.78, 5) is 17.6. The largest absolute Gasteiger partial charge is 0.489 e. The van der Waals surface area contributed by atoms with Crippen molar-refractivity contribution in [2.45, 2.75) is 46.3 Å². The predicted molar refractivity (Wildman–Crippen MR) is 170 cm³/mol. The number of ether oxygens (including phenoxy) is 3. The first-order chi connectivity index (χ1) is 21.5. The van der Waals surface area contributed by atoms with Gasteiger partial charge in [-0.15, -0.1) is 0 Å². The van der Waals surface area contributed by atoms with Gasteiger partial charge in [-0.2, -0.15) is 5.10 Å². The quantitative estimate of drug-likeness (QED) is 0.210. The van der Waals surface area contributed by atoms with E-state index >= 15 is 0 Å². The van der Waals surface area contributed by atoms with E-state index in [1.165, 1.54) is 12.1 Å². The monoisotopic (exact) mass is 607 g/mol. The molecule has 230 valence electrons. The SMILES string of the molecule is Cc1ccc2cc1OCC=CCOc1cc(F)ccc1-c1cccc(c1)-c1cc3nc(C)c(C(OC(C)(C)C)C(=O)O)c-2n3n1. The smallest absolute Gasteiger partial charge is 0.337 e. The van der Waals surface area contributed by atoms with Gasteiger partial charge in [-0.05, 0) is 82.2 Å². The van der Waals surface area contributed by atoms with Crippen LogP contribution in [0.1, 0.15) is 43.7 Å². The topological polar surface area (TPSA) is 95.2 Å². The molecule has 3 heterocycles. The fourth-order valence-electron chi connectivity index (χ4n) is 5.47. The van der Waals surface area contributed by atoms with E-state index in [4.69, 9.17) is 24.3 Å². The van der Waals surface area contributed by atoms with E-state index in [-0.39, 0.29) is 13.2 Å². The van der Waals surface area contributed by atoms with E-state index in [2.05, 4.69) is 0 Å². The zero-order valence-electron chi connectivity index (χ0n) is 25.8. The molecule has 1 N–H and O–H groups in total. The Morgan fingerprint density at radius 2 is 1.67 bits per heavy atom. The number of aryl methyl sites for hydroxylation is 2. The number of benzene rings is 3. The van der Waals surface area contributed by atoms with Crippen LogP contribution >= 0.6 is 0 Å². The van der Waals surface area contributed by atoms with Crippen molar-refractivity contribution in [3.8, 4) is 45.1 Å². The van der Waals surface area contributed by atoms with Crippen LogP contribution in [0, 0.1) is 19.7 Å². The van der Waals surface area contributed by atoms with E-state index in [1.54, 1.807) is 17.5 Å². The average molecular weight is 608 g/mol. The molecule has 0 saturated heterocycles. The molecule has 8 nitrogen and oxygen atoms in total. The molecular formula is C36H34FN3O5. The van der Waals surface area contributed by atoms with Crippen LogP contribution in [0.25, 0.3) is 39.3 Å². The Hall–Kier alpha value is -5.02. The number of carbonyl (C=O) groups is 1. The van der Waals surface area contributed by atoms with Crippen LogP contribution in [0.15, 0.2) is 78.9 Å². The predicted octanol–water partition coefficient (Wildman–Crippen LogP) is 7.75. The summed E-state index contributed by atoms with van der Waals surface area (Å²) in [7, 11) is 0. The van der Waals surface area contributed by atoms with E-state index < -0.39 is 23.5 Å². The van der Waals surface area contributed by atoms with Crippen molar-refractivity contribution in [2.24, 2.45) is 0 Å². The summed E-state index contributed by atoms with van der Waals surface area (Å²) in [5.74, 6) is -0.477. The summed E-state index contributed by atoms with van der Waals surface area (Å²) < 4.78 is 34.2. The molecule has 0 spiro atoms. The molecule has 9 heteroatoms. The zero-order valence-corrected chi connectivity index (χ0v) is 25.8. The van der Waals surface area contributed by atoms with Crippen LogP contribution in [-0.2, 0) is 9.53 Å². The Kier molecular flexibility index (Phi) is 7.88. The van der Waals surface area contributed by atoms with Crippen LogP contribution in [0.5, 0.6) is 11.5 Å². The highest BCUT2D eigenvalue weighted by Crippen LogP contribution is 2.39. The highest BCUT2D eigenvalue weighted by molar-refractivity contribution is 5.82. The van der Waals surface area contributed by atoms with E-state index in [0.29, 0.717) is 45.4 Å². The molecule has 1 unspecified atom stereocenters. The van der Waals surface area contributed by atoms with Crippen molar-refractivity contribution in [3.05, 3.63) is 102 Å². The Labute approximate surface area is 260 Å². The van der Waals surface area contributed by atoms with Crippen LogP contribution in [0.4, 0.5) is 4.39 Å². The van der Waals surface area contributed by atoms with Gasteiger partial charge in [0.15, 0.2) is 11.8 Å². The maximum Gasteiger partial charge on any atom is 0.337 e. The van der Waals surface area contributed by atoms with Gasteiger partial charge in [-0.1, -0.05) is 30.3 Å². The Morgan fingerprint density at radius 1 is 0.933 bits per heavy atom. The minimum absolute atomic E-state index is 0.226. The maximum absolute atomic E-state index is 14.3. The molecule has 45 heavy (non-hydrogen) atoms. The highest BCUT2D eigenvalue weighted by Gasteiger charge is 2.33. The van der Waals surface area contributed by atoms with E-state index in [0.717, 1.165) is 22.3 Å². The fourth-order valence-corrected chi connectivity index (χ4v) is 5.47. The van der Waals surface area contributed by atoms with Crippen LogP contribution in [0.3, 0.4) is 0 Å². The van der Waals surface area contributed by atoms with Crippen molar-refractivity contribution in [1.82, 2.24) is 14.6 Å². The van der Waals surface area contributed by atoms with Crippen LogP contribution < -0.4 is 9.47 Å². The lowest BCUT2D eigenvalue weighted by Gasteiger charge is -2.27. The van der Waals surface area contributed by atoms with Gasteiger partial charge in [0.05, 0.1) is 17.0 Å². The molecule has 3 aromatic carbocycles. The van der Waals surface area contributed by atoms with Crippen molar-refractivity contribution in [1.29, 1.82) is 0 Å². The summed E-state index contributed by atoms with van der Waals surface area (Å²) in [6.45, 7) is 9.68. The second-order valence-electron chi connectivity index (χ2n) is 12.0. The van der Waals surface area contributed by atoms with Gasteiger partial charge >= 0.3 is 5.97 Å². The van der Waals surface area contributed by atoms with Gasteiger partial charge in [0.2, 0.25) is 0 Å². The molecule has 0 fully saturated rings. The molecule has 5 aromatic rings. The Balaban J connectivity index is 1.64. The third-order valence-electron chi connectivity index (χ3n) is 7.50. The lowest BCUT2D eigenvalue weighted by molar-refractivity contribution is -0.160. The first-order valence-electron chi connectivity index (χ1n) is 14.7. The van der Waals surface area contributed by atoms with Crippen LogP contribution in [-0.4, -0.2) is 44.5 Å². The normalized spacial score (nSPS) is 13.8. The van der Waals surface area contributed by atoms with E-state index in [9.17, 15) is 14.3 Å². The molecule has 1 atom stereocenters. The van der Waals surface area contributed by atoms with Gasteiger partial charge in [-0.25, -0.2) is 18.7 Å². The molecule has 0 radical (unpaired) electrons. The third-order valence-corrected chi connectivity index (χ3v) is 7.50. The molecule has 6 rings (SSSR count). The first-order valence-corrected chi connectivity index (χ1v) is 14.7. The number of carboxylic acid groups (broad SMARTS) is 1. The van der Waals surface area contributed by atoms with Gasteiger partial charge in [0, 0.05) is 40.1 Å². The number of fused-ring (bicyclic) bond motifs is 9. The molecule has 2 aromatic heterocycles. The summed E-state index contributed by atoms with van der Waals surface area (Å²) in [5.41, 5.74) is 5.86. The number of nitrogens with zero attached hydrogens (tertiary/aromatic N) is 3. The average Bonchev–Trinajstić information content (AvgIpc) is 3.41. The molecule has 6 bridgehead atoms. The number of hydrogen-bond donors (Lipinski definition) is 1. The maximum atomic E-state index is 14.3. The first kappa shape index (κ1) is 30.0. The number of aromatic nitrogens is 3. The zero-order chi connectivity index (χ0) is 31.9. The van der Waals surface area contributed by atoms with Crippen LogP contribution in [0.2, 0.25) is 0 Å². The minimum Gasteiger partial charge on any atom is -0.489 e. The number of halogens is 1. The number of rotatable bonds is 3. The minimum atomic E-state index is -1.31. The van der Waals surface area contributed by atoms with Gasteiger partial charge in [-0.3, -0.25) is 0 Å². The van der Waals surface area contributed by atoms with Gasteiger partial charge in [0.25, 0.3) is 0 Å². The lowest BCUT2D eigenvalue weighted by atomic mass is 9.98. The van der Waals surface area contributed by atoms with Gasteiger partial charge < -0.3 is 19.3 Å². The van der Waals surface area contributed by atoms with Gasteiger partial charge in [0.1, 0.15) is 30.5 Å². The second-order valence-corrected chi connectivity index (χ2v) is 12.0. The number of aliphatic carboxylic acids is 1. The second kappa shape index (κ2) is 11.8. The number of carboxylic acids is 1. The van der Waals surface area contributed by atoms with Crippen molar-refractivity contribution < 1.29 is 28.5 Å². The molecule has 0 amide bonds. The van der Waals surface area contributed by atoms with Crippen molar-refractivity contribution in [3.63, 3.8) is 0 Å². The standard InChI is InChI=1S/C36H34FN3O5/c1-21-11-12-25-18-29(21)43-15-6-7-16-44-30-19-26(37)13-14-27(30)23-9-8-10-24(17-23)28-20-31-38-22(2)32(33(25)40(31)39-28)34(35(41)42)45-36(3,4)5/h6-14,17-20,34H,15-16H2,1-5H3,(H,41,42). The molecular weight excluding hydrogens is 573 g/mol. The molecule has 0 saturated carbocycles. The molecule has 0 aliphatic carbocycles. The number of hydrogen-bond acceptors (Lipinski definition) is 6. The fraction of sp³-hybridized carbons (Fsp3) is 0.250.